The summed E-state index contributed by atoms with van der Waals surface area (Å²) in [6.07, 6.45) is 0.662. The minimum absolute atomic E-state index is 0.292. The molecule has 11 heavy (non-hydrogen) atoms. The fraction of sp³-hybridized carbons (Fsp3) is 0. The zero-order valence-corrected chi connectivity index (χ0v) is 5.65. The molecule has 0 aliphatic heterocycles. The maximum atomic E-state index is 10.3. The van der Waals surface area contributed by atoms with E-state index < -0.39 is 0 Å². The van der Waals surface area contributed by atoms with Gasteiger partial charge in [-0.15, -0.1) is 0 Å². The van der Waals surface area contributed by atoms with Crippen molar-refractivity contribution in [2.45, 2.75) is 0 Å². The quantitative estimate of drug-likeness (QED) is 0.576. The molecule has 0 amide bonds. The summed E-state index contributed by atoms with van der Waals surface area (Å²) in [7, 11) is 0. The second-order valence-corrected chi connectivity index (χ2v) is 2.18. The summed E-state index contributed by atoms with van der Waals surface area (Å²) in [5.41, 5.74) is 0.717. The molecule has 0 saturated heterocycles. The summed E-state index contributed by atoms with van der Waals surface area (Å²) in [6, 6.07) is 7.29. The highest BCUT2D eigenvalue weighted by atomic mass is 16.5. The van der Waals surface area contributed by atoms with Crippen LogP contribution in [0.4, 0.5) is 0 Å². The number of aromatic nitrogens is 1. The Labute approximate surface area is 62.6 Å². The lowest BCUT2D eigenvalue weighted by Gasteiger charge is -1.81. The van der Waals surface area contributed by atoms with Crippen LogP contribution in [0.1, 0.15) is 10.6 Å². The SMILES string of the molecule is O=Cc1onc2ccccc12. The van der Waals surface area contributed by atoms with Gasteiger partial charge in [-0.2, -0.15) is 0 Å². The van der Waals surface area contributed by atoms with Crippen LogP contribution in [0.5, 0.6) is 0 Å². The molecule has 1 aromatic carbocycles. The van der Waals surface area contributed by atoms with Gasteiger partial charge in [-0.25, -0.2) is 0 Å². The van der Waals surface area contributed by atoms with E-state index in [0.717, 1.165) is 10.9 Å². The average molecular weight is 147 g/mol. The lowest BCUT2D eigenvalue weighted by atomic mass is 10.2. The first-order valence-electron chi connectivity index (χ1n) is 3.21. The van der Waals surface area contributed by atoms with Crippen LogP contribution in [-0.2, 0) is 0 Å². The number of rotatable bonds is 1. The summed E-state index contributed by atoms with van der Waals surface area (Å²) >= 11 is 0. The maximum Gasteiger partial charge on any atom is 0.207 e. The van der Waals surface area contributed by atoms with E-state index in [4.69, 9.17) is 4.52 Å². The molecule has 0 fully saturated rings. The second kappa shape index (κ2) is 2.20. The molecule has 1 heterocycles. The number of benzene rings is 1. The smallest absolute Gasteiger partial charge is 0.207 e. The number of aldehydes is 1. The Morgan fingerprint density at radius 2 is 2.18 bits per heavy atom. The van der Waals surface area contributed by atoms with Gasteiger partial charge in [0.2, 0.25) is 5.76 Å². The van der Waals surface area contributed by atoms with Gasteiger partial charge in [0.05, 0.1) is 5.39 Å². The van der Waals surface area contributed by atoms with Crippen LogP contribution in [0.15, 0.2) is 28.8 Å². The molecule has 0 spiro atoms. The first-order valence-corrected chi connectivity index (χ1v) is 3.21. The van der Waals surface area contributed by atoms with Crippen LogP contribution in [0.2, 0.25) is 0 Å². The van der Waals surface area contributed by atoms with Crippen molar-refractivity contribution in [3.05, 3.63) is 30.0 Å². The fourth-order valence-corrected chi connectivity index (χ4v) is 0.994. The van der Waals surface area contributed by atoms with E-state index in [0.29, 0.717) is 12.0 Å². The number of carbonyl (C=O) groups excluding carboxylic acids is 1. The Hall–Kier alpha value is -1.64. The molecule has 3 nitrogen and oxygen atoms in total. The molecule has 2 aromatic rings. The van der Waals surface area contributed by atoms with Crippen LogP contribution >= 0.6 is 0 Å². The molecule has 0 atom stereocenters. The Balaban J connectivity index is 2.86. The van der Waals surface area contributed by atoms with Crippen molar-refractivity contribution in [3.63, 3.8) is 0 Å². The zero-order valence-electron chi connectivity index (χ0n) is 5.65. The minimum atomic E-state index is 0.292. The van der Waals surface area contributed by atoms with E-state index in [-0.39, 0.29) is 0 Å². The van der Waals surface area contributed by atoms with Gasteiger partial charge < -0.3 is 4.52 Å². The molecule has 3 heteroatoms. The van der Waals surface area contributed by atoms with Crippen molar-refractivity contribution < 1.29 is 9.32 Å². The van der Waals surface area contributed by atoms with E-state index in [1.807, 2.05) is 12.1 Å². The van der Waals surface area contributed by atoms with E-state index in [1.165, 1.54) is 0 Å². The molecule has 1 aromatic heterocycles. The highest BCUT2D eigenvalue weighted by molar-refractivity contribution is 5.93. The van der Waals surface area contributed by atoms with Crippen molar-refractivity contribution in [1.29, 1.82) is 0 Å². The van der Waals surface area contributed by atoms with Gasteiger partial charge in [-0.05, 0) is 12.1 Å². The molecule has 0 saturated carbocycles. The standard InChI is InChI=1S/C8H5NO2/c10-5-8-6-3-1-2-4-7(6)9-11-8/h1-5H. The van der Waals surface area contributed by atoms with Crippen molar-refractivity contribution in [1.82, 2.24) is 5.16 Å². The Bertz CT molecular complexity index is 392. The molecule has 0 aliphatic rings. The number of hydrogen-bond donors (Lipinski definition) is 0. The Morgan fingerprint density at radius 3 is 3.00 bits per heavy atom. The molecular weight excluding hydrogens is 142 g/mol. The van der Waals surface area contributed by atoms with Gasteiger partial charge in [0.25, 0.3) is 0 Å². The highest BCUT2D eigenvalue weighted by Gasteiger charge is 2.03. The topological polar surface area (TPSA) is 43.1 Å². The van der Waals surface area contributed by atoms with E-state index in [1.54, 1.807) is 12.1 Å². The third kappa shape index (κ3) is 0.816. The normalized spacial score (nSPS) is 10.2. The average Bonchev–Trinajstić information content (AvgIpc) is 2.47. The van der Waals surface area contributed by atoms with E-state index in [9.17, 15) is 4.79 Å². The van der Waals surface area contributed by atoms with Gasteiger partial charge >= 0.3 is 0 Å². The van der Waals surface area contributed by atoms with Crippen LogP contribution in [0, 0.1) is 0 Å². The van der Waals surface area contributed by atoms with Gasteiger partial charge in [-0.1, -0.05) is 17.3 Å². The van der Waals surface area contributed by atoms with Crippen molar-refractivity contribution in [3.8, 4) is 0 Å². The third-order valence-corrected chi connectivity index (χ3v) is 1.52. The van der Waals surface area contributed by atoms with Crippen LogP contribution in [-0.4, -0.2) is 11.4 Å². The number of carbonyl (C=O) groups is 1. The predicted octanol–water partition coefficient (Wildman–Crippen LogP) is 1.64. The first kappa shape index (κ1) is 6.09. The summed E-state index contributed by atoms with van der Waals surface area (Å²) in [6.45, 7) is 0. The number of hydrogen-bond acceptors (Lipinski definition) is 3. The van der Waals surface area contributed by atoms with E-state index in [2.05, 4.69) is 5.16 Å². The highest BCUT2D eigenvalue weighted by Crippen LogP contribution is 2.14. The second-order valence-electron chi connectivity index (χ2n) is 2.18. The van der Waals surface area contributed by atoms with E-state index >= 15 is 0 Å². The predicted molar refractivity (Wildman–Crippen MR) is 39.4 cm³/mol. The lowest BCUT2D eigenvalue weighted by molar-refractivity contribution is 0.109. The molecule has 2 rings (SSSR count). The lowest BCUT2D eigenvalue weighted by Crippen LogP contribution is -1.72. The third-order valence-electron chi connectivity index (χ3n) is 1.52. The van der Waals surface area contributed by atoms with Gasteiger partial charge in [-0.3, -0.25) is 4.79 Å². The molecule has 0 N–H and O–H groups in total. The summed E-state index contributed by atoms with van der Waals surface area (Å²) in [4.78, 5) is 10.3. The maximum absolute atomic E-state index is 10.3. The molecule has 0 unspecified atom stereocenters. The van der Waals surface area contributed by atoms with Gasteiger partial charge in [0.15, 0.2) is 6.29 Å². The molecule has 54 valence electrons. The Kier molecular flexibility index (Phi) is 1.22. The summed E-state index contributed by atoms with van der Waals surface area (Å²) in [5, 5.41) is 4.45. The van der Waals surface area contributed by atoms with Crippen LogP contribution < -0.4 is 0 Å². The van der Waals surface area contributed by atoms with Crippen LogP contribution in [0.3, 0.4) is 0 Å². The molecular formula is C8H5NO2. The van der Waals surface area contributed by atoms with Crippen molar-refractivity contribution >= 4 is 17.2 Å². The number of nitrogens with zero attached hydrogens (tertiary/aromatic N) is 1. The largest absolute Gasteiger partial charge is 0.352 e. The summed E-state index contributed by atoms with van der Waals surface area (Å²) in [5.74, 6) is 0.292. The first-order chi connectivity index (χ1) is 5.42. The van der Waals surface area contributed by atoms with Gasteiger partial charge in [0, 0.05) is 0 Å². The zero-order chi connectivity index (χ0) is 7.68. The number of fused-ring (bicyclic) bond motifs is 1. The monoisotopic (exact) mass is 147 g/mol. The van der Waals surface area contributed by atoms with Gasteiger partial charge in [0.1, 0.15) is 5.52 Å². The molecule has 0 bridgehead atoms. The van der Waals surface area contributed by atoms with Crippen LogP contribution in [0.25, 0.3) is 10.9 Å². The fourth-order valence-electron chi connectivity index (χ4n) is 0.994. The summed E-state index contributed by atoms with van der Waals surface area (Å²) < 4.78 is 4.75. The molecule has 0 aliphatic carbocycles. The van der Waals surface area contributed by atoms with Crippen molar-refractivity contribution in [2.75, 3.05) is 0 Å². The molecule has 0 radical (unpaired) electrons. The minimum Gasteiger partial charge on any atom is -0.352 e. The van der Waals surface area contributed by atoms with Crippen molar-refractivity contribution in [2.24, 2.45) is 0 Å². The Morgan fingerprint density at radius 1 is 1.36 bits per heavy atom.